The molecule has 0 spiro atoms. The molecular formula is C20H18Cl2N4O2. The van der Waals surface area contributed by atoms with E-state index in [1.54, 1.807) is 36.5 Å². The highest BCUT2D eigenvalue weighted by Crippen LogP contribution is 2.31. The number of nitrogens with zero attached hydrogens (tertiary/aromatic N) is 1. The molecule has 3 N–H and O–H groups in total. The van der Waals surface area contributed by atoms with Crippen LogP contribution in [0.4, 0.5) is 16.2 Å². The first-order valence-electron chi connectivity index (χ1n) is 8.61. The molecule has 0 atom stereocenters. The van der Waals surface area contributed by atoms with Gasteiger partial charge in [0.05, 0.1) is 32.5 Å². The number of benzene rings is 2. The molecule has 8 heteroatoms. The standard InChI is InChI=1S/C20H18Cl2N4O2/c1-3-23-20(28)26-17-11(2)10-24-18-12(17)6-4-9-15(18)25-19(27)16-13(21)7-5-8-14(16)22/h4-10H,3H2,1-2H3,(H,25,27)(H2,23,24,26,28). The fourth-order valence-corrected chi connectivity index (χ4v) is 3.38. The summed E-state index contributed by atoms with van der Waals surface area (Å²) in [7, 11) is 0. The van der Waals surface area contributed by atoms with Crippen molar-refractivity contribution in [1.82, 2.24) is 10.3 Å². The number of rotatable bonds is 4. The topological polar surface area (TPSA) is 83.1 Å². The van der Waals surface area contributed by atoms with Gasteiger partial charge in [0.1, 0.15) is 0 Å². The van der Waals surface area contributed by atoms with Gasteiger partial charge in [-0.15, -0.1) is 0 Å². The summed E-state index contributed by atoms with van der Waals surface area (Å²) in [5, 5.41) is 9.56. The SMILES string of the molecule is CCNC(=O)Nc1c(C)cnc2c(NC(=O)c3c(Cl)cccc3Cl)cccc12. The van der Waals surface area contributed by atoms with Crippen LogP contribution in [0.2, 0.25) is 10.0 Å². The minimum Gasteiger partial charge on any atom is -0.338 e. The van der Waals surface area contributed by atoms with Gasteiger partial charge in [0.15, 0.2) is 0 Å². The van der Waals surface area contributed by atoms with Crippen LogP contribution in [0.5, 0.6) is 0 Å². The van der Waals surface area contributed by atoms with Gasteiger partial charge in [-0.1, -0.05) is 41.4 Å². The zero-order chi connectivity index (χ0) is 20.3. The number of aryl methyl sites for hydroxylation is 1. The van der Waals surface area contributed by atoms with Gasteiger partial charge in [0.2, 0.25) is 0 Å². The van der Waals surface area contributed by atoms with Crippen molar-refractivity contribution < 1.29 is 9.59 Å². The summed E-state index contributed by atoms with van der Waals surface area (Å²) in [6, 6.07) is 9.88. The molecule has 3 amide bonds. The summed E-state index contributed by atoms with van der Waals surface area (Å²) in [4.78, 5) is 29.1. The lowest BCUT2D eigenvalue weighted by Gasteiger charge is -2.15. The van der Waals surface area contributed by atoms with Crippen LogP contribution in [-0.2, 0) is 0 Å². The number of fused-ring (bicyclic) bond motifs is 1. The lowest BCUT2D eigenvalue weighted by molar-refractivity contribution is 0.102. The van der Waals surface area contributed by atoms with Gasteiger partial charge >= 0.3 is 6.03 Å². The summed E-state index contributed by atoms with van der Waals surface area (Å²) in [6.07, 6.45) is 1.64. The number of para-hydroxylation sites is 1. The number of aromatic nitrogens is 1. The molecule has 0 saturated carbocycles. The Bertz CT molecular complexity index is 1050. The van der Waals surface area contributed by atoms with Gasteiger partial charge in [-0.25, -0.2) is 4.79 Å². The van der Waals surface area contributed by atoms with E-state index in [4.69, 9.17) is 23.2 Å². The molecule has 144 valence electrons. The second-order valence-corrected chi connectivity index (χ2v) is 6.87. The lowest BCUT2D eigenvalue weighted by atomic mass is 10.1. The van der Waals surface area contributed by atoms with Crippen molar-refractivity contribution >= 4 is 57.4 Å². The molecule has 0 aliphatic rings. The van der Waals surface area contributed by atoms with Crippen molar-refractivity contribution in [3.63, 3.8) is 0 Å². The maximum absolute atomic E-state index is 12.7. The van der Waals surface area contributed by atoms with Crippen LogP contribution in [0.3, 0.4) is 0 Å². The molecule has 2 aromatic carbocycles. The number of hydrogen-bond donors (Lipinski definition) is 3. The maximum atomic E-state index is 12.7. The highest BCUT2D eigenvalue weighted by atomic mass is 35.5. The Labute approximate surface area is 172 Å². The van der Waals surface area contributed by atoms with Crippen LogP contribution in [0.1, 0.15) is 22.8 Å². The average Bonchev–Trinajstić information content (AvgIpc) is 2.64. The van der Waals surface area contributed by atoms with Crippen LogP contribution in [0.25, 0.3) is 10.9 Å². The molecule has 0 bridgehead atoms. The van der Waals surface area contributed by atoms with E-state index in [0.29, 0.717) is 28.8 Å². The van der Waals surface area contributed by atoms with Crippen LogP contribution < -0.4 is 16.0 Å². The number of amides is 3. The van der Waals surface area contributed by atoms with E-state index in [0.717, 1.165) is 5.56 Å². The Morgan fingerprint density at radius 1 is 1.04 bits per heavy atom. The number of urea groups is 1. The largest absolute Gasteiger partial charge is 0.338 e. The monoisotopic (exact) mass is 416 g/mol. The molecule has 3 aromatic rings. The molecule has 0 aliphatic carbocycles. The van der Waals surface area contributed by atoms with Gasteiger partial charge in [-0.2, -0.15) is 0 Å². The predicted octanol–water partition coefficient (Wildman–Crippen LogP) is 5.24. The van der Waals surface area contributed by atoms with E-state index < -0.39 is 5.91 Å². The van der Waals surface area contributed by atoms with E-state index in [9.17, 15) is 9.59 Å². The number of nitrogens with one attached hydrogen (secondary N) is 3. The molecule has 28 heavy (non-hydrogen) atoms. The zero-order valence-electron chi connectivity index (χ0n) is 15.3. The molecule has 1 aromatic heterocycles. The summed E-state index contributed by atoms with van der Waals surface area (Å²) in [6.45, 7) is 4.20. The number of carbonyl (C=O) groups excluding carboxylic acids is 2. The summed E-state index contributed by atoms with van der Waals surface area (Å²) in [5.74, 6) is -0.441. The third kappa shape index (κ3) is 4.03. The highest BCUT2D eigenvalue weighted by Gasteiger charge is 2.17. The molecule has 6 nitrogen and oxygen atoms in total. The van der Waals surface area contributed by atoms with Crippen molar-refractivity contribution in [3.05, 3.63) is 63.8 Å². The summed E-state index contributed by atoms with van der Waals surface area (Å²) >= 11 is 12.3. The van der Waals surface area contributed by atoms with Crippen molar-refractivity contribution in [2.24, 2.45) is 0 Å². The van der Waals surface area contributed by atoms with Crippen molar-refractivity contribution in [2.45, 2.75) is 13.8 Å². The quantitative estimate of drug-likeness (QED) is 0.543. The predicted molar refractivity (Wildman–Crippen MR) is 114 cm³/mol. The fraction of sp³-hybridized carbons (Fsp3) is 0.150. The molecule has 0 unspecified atom stereocenters. The van der Waals surface area contributed by atoms with Crippen molar-refractivity contribution in [1.29, 1.82) is 0 Å². The van der Waals surface area contributed by atoms with Gasteiger partial charge in [0, 0.05) is 18.1 Å². The molecule has 0 saturated heterocycles. The first-order valence-corrected chi connectivity index (χ1v) is 9.36. The second-order valence-electron chi connectivity index (χ2n) is 6.05. The number of halogens is 2. The molecule has 3 rings (SSSR count). The fourth-order valence-electron chi connectivity index (χ4n) is 2.81. The first-order chi connectivity index (χ1) is 13.4. The first kappa shape index (κ1) is 19.9. The Morgan fingerprint density at radius 3 is 2.39 bits per heavy atom. The van der Waals surface area contributed by atoms with E-state index in [1.165, 1.54) is 0 Å². The van der Waals surface area contributed by atoms with Crippen LogP contribution >= 0.6 is 23.2 Å². The molecule has 0 fully saturated rings. The Kier molecular flexibility index (Phi) is 6.02. The van der Waals surface area contributed by atoms with E-state index in [1.807, 2.05) is 19.9 Å². The highest BCUT2D eigenvalue weighted by molar-refractivity contribution is 6.40. The third-order valence-electron chi connectivity index (χ3n) is 4.10. The maximum Gasteiger partial charge on any atom is 0.319 e. The number of carbonyl (C=O) groups is 2. The van der Waals surface area contributed by atoms with Gasteiger partial charge in [-0.05, 0) is 37.6 Å². The van der Waals surface area contributed by atoms with Crippen LogP contribution in [0.15, 0.2) is 42.6 Å². The number of hydrogen-bond acceptors (Lipinski definition) is 3. The van der Waals surface area contributed by atoms with Gasteiger partial charge in [-0.3, -0.25) is 9.78 Å². The number of pyridine rings is 1. The average molecular weight is 417 g/mol. The molecule has 1 heterocycles. The summed E-state index contributed by atoms with van der Waals surface area (Å²) < 4.78 is 0. The molecule has 0 radical (unpaired) electrons. The Morgan fingerprint density at radius 2 is 1.71 bits per heavy atom. The molecule has 0 aliphatic heterocycles. The van der Waals surface area contributed by atoms with E-state index >= 15 is 0 Å². The van der Waals surface area contributed by atoms with Gasteiger partial charge < -0.3 is 16.0 Å². The second kappa shape index (κ2) is 8.46. The lowest BCUT2D eigenvalue weighted by Crippen LogP contribution is -2.28. The smallest absolute Gasteiger partial charge is 0.319 e. The van der Waals surface area contributed by atoms with Crippen LogP contribution in [-0.4, -0.2) is 23.5 Å². The Balaban J connectivity index is 2.01. The van der Waals surface area contributed by atoms with E-state index in [-0.39, 0.29) is 21.6 Å². The van der Waals surface area contributed by atoms with Gasteiger partial charge in [0.25, 0.3) is 5.91 Å². The molecular weight excluding hydrogens is 399 g/mol. The normalized spacial score (nSPS) is 10.6. The van der Waals surface area contributed by atoms with Crippen LogP contribution in [0, 0.1) is 6.92 Å². The van der Waals surface area contributed by atoms with Crippen molar-refractivity contribution in [2.75, 3.05) is 17.2 Å². The summed E-state index contributed by atoms with van der Waals surface area (Å²) in [5.41, 5.74) is 2.64. The Hall–Kier alpha value is -2.83. The van der Waals surface area contributed by atoms with Crippen molar-refractivity contribution in [3.8, 4) is 0 Å². The minimum absolute atomic E-state index is 0.190. The van der Waals surface area contributed by atoms with E-state index in [2.05, 4.69) is 20.9 Å². The zero-order valence-corrected chi connectivity index (χ0v) is 16.8. The number of anilines is 2. The minimum atomic E-state index is -0.441. The third-order valence-corrected chi connectivity index (χ3v) is 4.73.